The quantitative estimate of drug-likeness (QED) is 0.118. The number of rotatable bonds is 7. The second-order valence-corrected chi connectivity index (χ2v) is 10.1. The van der Waals surface area contributed by atoms with Crippen LogP contribution in [0.3, 0.4) is 0 Å². The molecule has 214 valence electrons. The van der Waals surface area contributed by atoms with Gasteiger partial charge in [-0.3, -0.25) is 4.55 Å². The van der Waals surface area contributed by atoms with Gasteiger partial charge >= 0.3 is 29.6 Å². The van der Waals surface area contributed by atoms with Crippen LogP contribution in [0.2, 0.25) is 0 Å². The predicted molar refractivity (Wildman–Crippen MR) is 125 cm³/mol. The van der Waals surface area contributed by atoms with Crippen molar-refractivity contribution in [1.29, 1.82) is 0 Å². The molecule has 40 heavy (non-hydrogen) atoms. The number of methoxy groups -OCH3 is 2. The van der Waals surface area contributed by atoms with Gasteiger partial charge in [0.25, 0.3) is 10.1 Å². The Balaban J connectivity index is 0.00000441. The van der Waals surface area contributed by atoms with E-state index in [1.165, 1.54) is 14.2 Å². The summed E-state index contributed by atoms with van der Waals surface area (Å²) >= 11 is 0. The molecule has 2 aliphatic rings. The van der Waals surface area contributed by atoms with Gasteiger partial charge in [0, 0.05) is 5.56 Å². The Labute approximate surface area is 249 Å². The molecular weight excluding hydrogens is 571 g/mol. The zero-order chi connectivity index (χ0) is 28.8. The monoisotopic (exact) mass is 596 g/mol. The Morgan fingerprint density at radius 1 is 0.975 bits per heavy atom. The van der Waals surface area contributed by atoms with E-state index < -0.39 is 92.8 Å². The number of fused-ring (bicyclic) bond motifs is 1. The van der Waals surface area contributed by atoms with Gasteiger partial charge in [-0.1, -0.05) is 0 Å². The van der Waals surface area contributed by atoms with Gasteiger partial charge in [-0.05, 0) is 24.3 Å². The summed E-state index contributed by atoms with van der Waals surface area (Å²) in [5.41, 5.74) is -0.700. The molecule has 7 N–H and O–H groups in total. The summed E-state index contributed by atoms with van der Waals surface area (Å²) in [6.07, 6.45) is -9.12. The van der Waals surface area contributed by atoms with Gasteiger partial charge in [0.15, 0.2) is 28.3 Å². The van der Waals surface area contributed by atoms with E-state index in [1.807, 2.05) is 0 Å². The van der Waals surface area contributed by atoms with Crippen molar-refractivity contribution in [3.63, 3.8) is 0 Å². The molecule has 2 aromatic carbocycles. The Morgan fingerprint density at radius 3 is 2.10 bits per heavy atom. The number of ether oxygens (including phenoxy) is 5. The van der Waals surface area contributed by atoms with Gasteiger partial charge in [0.05, 0.1) is 26.4 Å². The first-order chi connectivity index (χ1) is 18.3. The minimum absolute atomic E-state index is 0. The predicted octanol–water partition coefficient (Wildman–Crippen LogP) is -4.30. The topological polar surface area (TPSA) is 245 Å². The van der Waals surface area contributed by atoms with Crippen LogP contribution in [0.4, 0.5) is 0 Å². The van der Waals surface area contributed by atoms with Crippen molar-refractivity contribution in [2.24, 2.45) is 0 Å². The fourth-order valence-electron chi connectivity index (χ4n) is 4.26. The first kappa shape index (κ1) is 32.0. The van der Waals surface area contributed by atoms with Crippen LogP contribution >= 0.6 is 0 Å². The number of aliphatic hydroxyl groups is 4. The van der Waals surface area contributed by atoms with Crippen LogP contribution in [0.15, 0.2) is 30.0 Å². The summed E-state index contributed by atoms with van der Waals surface area (Å²) in [7, 11) is -2.84. The number of benzene rings is 2. The second kappa shape index (κ2) is 12.2. The third kappa shape index (κ3) is 5.78. The Hall–Kier alpha value is -2.51. The summed E-state index contributed by atoms with van der Waals surface area (Å²) in [6.45, 7) is -0.836. The van der Waals surface area contributed by atoms with E-state index in [-0.39, 0.29) is 46.6 Å². The maximum Gasteiger partial charge on any atom is 1.00 e. The molecule has 0 radical (unpaired) electrons. The zero-order valence-corrected chi connectivity index (χ0v) is 24.1. The molecule has 1 saturated heterocycles. The molecule has 15 nitrogen and oxygen atoms in total. The van der Waals surface area contributed by atoms with Crippen molar-refractivity contribution in [1.82, 2.24) is 0 Å². The van der Waals surface area contributed by atoms with Gasteiger partial charge in [0.1, 0.15) is 35.9 Å². The molecule has 0 amide bonds. The SMILES string of the molecule is COc1cc(C2=C(O[C@@H]3O[C@H](CO)[C@@H](O)[C@H](O)[C@H]3O)C(S(=O)(=O)O)c3c(O)cc([O-])cc3O2)cc(OC)c1O.[Na+]. The van der Waals surface area contributed by atoms with E-state index in [0.29, 0.717) is 6.07 Å². The van der Waals surface area contributed by atoms with Crippen LogP contribution in [0.1, 0.15) is 16.4 Å². The molecule has 2 heterocycles. The molecule has 0 aromatic heterocycles. The Morgan fingerprint density at radius 2 is 1.57 bits per heavy atom. The molecule has 17 heteroatoms. The van der Waals surface area contributed by atoms with E-state index in [9.17, 15) is 48.7 Å². The van der Waals surface area contributed by atoms with Gasteiger partial charge in [-0.2, -0.15) is 8.42 Å². The van der Waals surface area contributed by atoms with Crippen molar-refractivity contribution in [3.05, 3.63) is 41.2 Å². The van der Waals surface area contributed by atoms with Crippen LogP contribution in [0.5, 0.6) is 34.5 Å². The maximum absolute atomic E-state index is 12.7. The molecular formula is C23H25NaO15S. The van der Waals surface area contributed by atoms with E-state index in [2.05, 4.69) is 0 Å². The fourth-order valence-corrected chi connectivity index (χ4v) is 5.23. The molecule has 1 fully saturated rings. The number of phenolic OH excluding ortho intramolecular Hbond substituents is 2. The Bertz CT molecular complexity index is 1370. The molecule has 0 bridgehead atoms. The molecule has 2 aliphatic heterocycles. The van der Waals surface area contributed by atoms with Gasteiger partial charge in [-0.25, -0.2) is 0 Å². The Kier molecular flexibility index (Phi) is 9.73. The average molecular weight is 596 g/mol. The van der Waals surface area contributed by atoms with Crippen LogP contribution in [-0.4, -0.2) is 95.1 Å². The van der Waals surface area contributed by atoms with Crippen molar-refractivity contribution in [2.45, 2.75) is 36.0 Å². The van der Waals surface area contributed by atoms with E-state index in [0.717, 1.165) is 18.2 Å². The minimum Gasteiger partial charge on any atom is -0.872 e. The second-order valence-electron chi connectivity index (χ2n) is 8.59. The standard InChI is InChI=1S/C23H26O15S.Na/c1-34-12-3-8(4-13(35-2)16(12)27)20-21(38-23-19(30)18(29)17(28)14(7-24)37-23)22(39(31,32)33)15-10(26)5-9(25)6-11(15)36-20;/h3-6,14,17-19,22-30H,7H2,1-2H3,(H,31,32,33);/q;+1/p-1/t14-,17-,18+,19-,22?,23+;/m1./s1. The van der Waals surface area contributed by atoms with Crippen LogP contribution in [-0.2, 0) is 19.6 Å². The number of hydrogen-bond donors (Lipinski definition) is 7. The molecule has 4 rings (SSSR count). The smallest absolute Gasteiger partial charge is 0.872 e. The van der Waals surface area contributed by atoms with E-state index in [1.54, 1.807) is 0 Å². The molecule has 0 aliphatic carbocycles. The number of hydrogen-bond acceptors (Lipinski definition) is 14. The third-order valence-corrected chi connectivity index (χ3v) is 7.21. The van der Waals surface area contributed by atoms with Gasteiger partial charge in [-0.15, -0.1) is 5.75 Å². The van der Waals surface area contributed by atoms with Crippen molar-refractivity contribution < 1.29 is 102 Å². The summed E-state index contributed by atoms with van der Waals surface area (Å²) in [5.74, 6) is -4.27. The normalized spacial score (nSPS) is 26.3. The molecule has 0 saturated carbocycles. The largest absolute Gasteiger partial charge is 1.00 e. The van der Waals surface area contributed by atoms with Crippen molar-refractivity contribution in [2.75, 3.05) is 20.8 Å². The van der Waals surface area contributed by atoms with Crippen LogP contribution in [0.25, 0.3) is 5.76 Å². The van der Waals surface area contributed by atoms with Crippen molar-refractivity contribution >= 4 is 15.9 Å². The fraction of sp³-hybridized carbons (Fsp3) is 0.391. The number of phenols is 2. The first-order valence-electron chi connectivity index (χ1n) is 11.2. The molecule has 0 spiro atoms. The van der Waals surface area contributed by atoms with Crippen molar-refractivity contribution in [3.8, 4) is 34.5 Å². The van der Waals surface area contributed by atoms with Gasteiger partial charge < -0.3 is 59.4 Å². The van der Waals surface area contributed by atoms with Crippen LogP contribution < -0.4 is 48.9 Å². The molecule has 2 aromatic rings. The molecule has 1 unspecified atom stereocenters. The number of aliphatic hydroxyl groups excluding tert-OH is 4. The maximum atomic E-state index is 12.7. The number of aromatic hydroxyl groups is 2. The van der Waals surface area contributed by atoms with E-state index >= 15 is 0 Å². The molecule has 6 atom stereocenters. The summed E-state index contributed by atoms with van der Waals surface area (Å²) in [6, 6.07) is 3.84. The average Bonchev–Trinajstić information content (AvgIpc) is 2.88. The zero-order valence-electron chi connectivity index (χ0n) is 21.3. The first-order valence-corrected chi connectivity index (χ1v) is 12.7. The summed E-state index contributed by atoms with van der Waals surface area (Å²) in [4.78, 5) is 0. The summed E-state index contributed by atoms with van der Waals surface area (Å²) < 4.78 is 62.6. The van der Waals surface area contributed by atoms with Crippen LogP contribution in [0, 0.1) is 0 Å². The van der Waals surface area contributed by atoms with Gasteiger partial charge in [0.2, 0.25) is 12.0 Å². The summed E-state index contributed by atoms with van der Waals surface area (Å²) in [5, 5.41) is 70.9. The minimum atomic E-state index is -5.25. The third-order valence-electron chi connectivity index (χ3n) is 6.16. The van der Waals surface area contributed by atoms with E-state index in [4.69, 9.17) is 23.7 Å².